The van der Waals surface area contributed by atoms with E-state index < -0.39 is 27.9 Å². The first-order valence-electron chi connectivity index (χ1n) is 8.76. The van der Waals surface area contributed by atoms with E-state index in [1.807, 2.05) is 12.1 Å². The summed E-state index contributed by atoms with van der Waals surface area (Å²) < 4.78 is 27.5. The zero-order chi connectivity index (χ0) is 21.4. The van der Waals surface area contributed by atoms with Gasteiger partial charge in [0.15, 0.2) is 0 Å². The van der Waals surface area contributed by atoms with Crippen LogP contribution in [0, 0.1) is 0 Å². The predicted octanol–water partition coefficient (Wildman–Crippen LogP) is 2.26. The van der Waals surface area contributed by atoms with E-state index >= 15 is 0 Å². The van der Waals surface area contributed by atoms with Gasteiger partial charge in [-0.25, -0.2) is 8.42 Å². The number of hydrogen-bond acceptors (Lipinski definition) is 4. The second-order valence-electron chi connectivity index (χ2n) is 6.30. The lowest BCUT2D eigenvalue weighted by Crippen LogP contribution is -2.47. The maximum atomic E-state index is 12.6. The molecule has 0 heterocycles. The maximum absolute atomic E-state index is 12.6. The molecule has 4 N–H and O–H groups in total. The Hall–Kier alpha value is -2.13. The lowest BCUT2D eigenvalue weighted by Gasteiger charge is -2.18. The zero-order valence-electron chi connectivity index (χ0n) is 15.4. The maximum Gasteiger partial charge on any atom is 0.241 e. The van der Waals surface area contributed by atoms with Gasteiger partial charge in [0, 0.05) is 23.0 Å². The Morgan fingerprint density at radius 3 is 2.07 bits per heavy atom. The predicted molar refractivity (Wildman–Crippen MR) is 112 cm³/mol. The van der Waals surface area contributed by atoms with Crippen LogP contribution in [-0.4, -0.2) is 32.8 Å². The average Bonchev–Trinajstić information content (AvgIpc) is 2.66. The van der Waals surface area contributed by atoms with Gasteiger partial charge >= 0.3 is 0 Å². The van der Waals surface area contributed by atoms with Gasteiger partial charge in [0.25, 0.3) is 0 Å². The second kappa shape index (κ2) is 10.6. The van der Waals surface area contributed by atoms with Crippen molar-refractivity contribution < 1.29 is 18.0 Å². The third-order valence-electron chi connectivity index (χ3n) is 4.04. The van der Waals surface area contributed by atoms with Gasteiger partial charge in [-0.2, -0.15) is 4.72 Å². The summed E-state index contributed by atoms with van der Waals surface area (Å²) in [5.74, 6) is -1.17. The highest BCUT2D eigenvalue weighted by molar-refractivity contribution is 7.89. The summed E-state index contributed by atoms with van der Waals surface area (Å²) in [6.45, 7) is 0.288. The highest BCUT2D eigenvalue weighted by Gasteiger charge is 2.26. The molecule has 0 radical (unpaired) electrons. The van der Waals surface area contributed by atoms with Crippen molar-refractivity contribution in [1.82, 2.24) is 10.0 Å². The lowest BCUT2D eigenvalue weighted by atomic mass is 10.1. The third kappa shape index (κ3) is 7.66. The van der Waals surface area contributed by atoms with E-state index in [2.05, 4.69) is 10.0 Å². The van der Waals surface area contributed by atoms with Crippen molar-refractivity contribution in [2.45, 2.75) is 30.2 Å². The Kier molecular flexibility index (Phi) is 8.45. The van der Waals surface area contributed by atoms with Crippen LogP contribution >= 0.6 is 23.2 Å². The zero-order valence-corrected chi connectivity index (χ0v) is 17.7. The highest BCUT2D eigenvalue weighted by atomic mass is 35.5. The molecule has 1 unspecified atom stereocenters. The van der Waals surface area contributed by atoms with Crippen LogP contribution in [0.1, 0.15) is 18.4 Å². The number of rotatable bonds is 10. The molecular weight excluding hydrogens is 437 g/mol. The number of hydrogen-bond donors (Lipinski definition) is 3. The first kappa shape index (κ1) is 23.2. The number of amides is 2. The first-order chi connectivity index (χ1) is 13.7. The fraction of sp³-hybridized carbons (Fsp3) is 0.263. The minimum atomic E-state index is -3.99. The second-order valence-corrected chi connectivity index (χ2v) is 8.89. The van der Waals surface area contributed by atoms with Crippen molar-refractivity contribution in [3.05, 3.63) is 64.1 Å². The molecule has 0 saturated carbocycles. The number of halogens is 2. The SMILES string of the molecule is NC(=O)CCC(NS(=O)(=O)c1ccc(Cl)cc1)C(=O)NCCc1ccc(Cl)cc1. The number of primary amides is 1. The normalized spacial score (nSPS) is 12.3. The summed E-state index contributed by atoms with van der Waals surface area (Å²) in [5, 5.41) is 3.68. The van der Waals surface area contributed by atoms with E-state index in [1.54, 1.807) is 12.1 Å². The number of benzene rings is 2. The van der Waals surface area contributed by atoms with Crippen molar-refractivity contribution >= 4 is 45.0 Å². The molecule has 2 aromatic rings. The molecule has 2 amide bonds. The molecule has 0 saturated heterocycles. The summed E-state index contributed by atoms with van der Waals surface area (Å²) in [6, 6.07) is 11.5. The highest BCUT2D eigenvalue weighted by Crippen LogP contribution is 2.15. The van der Waals surface area contributed by atoms with Crippen molar-refractivity contribution in [3.63, 3.8) is 0 Å². The standard InChI is InChI=1S/C19H21Cl2N3O4S/c20-14-3-1-13(2-4-14)11-12-23-19(26)17(9-10-18(22)25)24-29(27,28)16-7-5-15(21)6-8-16/h1-8,17,24H,9-12H2,(H2,22,25)(H,23,26). The molecule has 0 aliphatic rings. The van der Waals surface area contributed by atoms with Crippen LogP contribution in [0.2, 0.25) is 10.0 Å². The largest absolute Gasteiger partial charge is 0.370 e. The number of sulfonamides is 1. The molecule has 2 aromatic carbocycles. The molecule has 1 atom stereocenters. The van der Waals surface area contributed by atoms with Crippen LogP contribution in [0.4, 0.5) is 0 Å². The third-order valence-corrected chi connectivity index (χ3v) is 6.03. The monoisotopic (exact) mass is 457 g/mol. The summed E-state index contributed by atoms with van der Waals surface area (Å²) in [4.78, 5) is 23.6. The molecule has 156 valence electrons. The van der Waals surface area contributed by atoms with E-state index in [0.29, 0.717) is 16.5 Å². The van der Waals surface area contributed by atoms with E-state index in [-0.39, 0.29) is 24.3 Å². The molecule has 10 heteroatoms. The fourth-order valence-corrected chi connectivity index (χ4v) is 3.99. The molecule has 0 aromatic heterocycles. The van der Waals surface area contributed by atoms with Gasteiger partial charge in [0.2, 0.25) is 21.8 Å². The molecule has 0 spiro atoms. The number of carbonyl (C=O) groups excluding carboxylic acids is 2. The van der Waals surface area contributed by atoms with Crippen LogP contribution in [0.25, 0.3) is 0 Å². The Balaban J connectivity index is 2.03. The van der Waals surface area contributed by atoms with Crippen LogP contribution in [0.3, 0.4) is 0 Å². The molecular formula is C19H21Cl2N3O4S. The Morgan fingerprint density at radius 2 is 1.52 bits per heavy atom. The Morgan fingerprint density at radius 1 is 0.966 bits per heavy atom. The molecule has 29 heavy (non-hydrogen) atoms. The van der Waals surface area contributed by atoms with E-state index in [9.17, 15) is 18.0 Å². The van der Waals surface area contributed by atoms with E-state index in [0.717, 1.165) is 5.56 Å². The van der Waals surface area contributed by atoms with Crippen LogP contribution < -0.4 is 15.8 Å². The molecule has 0 aliphatic heterocycles. The first-order valence-corrected chi connectivity index (χ1v) is 11.0. The molecule has 2 rings (SSSR count). The van der Waals surface area contributed by atoms with Crippen molar-refractivity contribution in [3.8, 4) is 0 Å². The summed E-state index contributed by atoms with van der Waals surface area (Å²) in [5.41, 5.74) is 6.11. The van der Waals surface area contributed by atoms with Gasteiger partial charge < -0.3 is 11.1 Å². The van der Waals surface area contributed by atoms with E-state index in [1.165, 1.54) is 24.3 Å². The summed E-state index contributed by atoms with van der Waals surface area (Å²) in [7, 11) is -3.99. The smallest absolute Gasteiger partial charge is 0.241 e. The quantitative estimate of drug-likeness (QED) is 0.506. The summed E-state index contributed by atoms with van der Waals surface area (Å²) in [6.07, 6.45) is 0.336. The van der Waals surface area contributed by atoms with Gasteiger partial charge in [-0.15, -0.1) is 0 Å². The van der Waals surface area contributed by atoms with E-state index in [4.69, 9.17) is 28.9 Å². The van der Waals surface area contributed by atoms with Crippen LogP contribution in [0.5, 0.6) is 0 Å². The average molecular weight is 458 g/mol. The molecule has 0 fully saturated rings. The van der Waals surface area contributed by atoms with Crippen molar-refractivity contribution in [2.24, 2.45) is 5.73 Å². The van der Waals surface area contributed by atoms with Gasteiger partial charge in [-0.3, -0.25) is 9.59 Å². The lowest BCUT2D eigenvalue weighted by molar-refractivity contribution is -0.123. The van der Waals surface area contributed by atoms with Crippen molar-refractivity contribution in [1.29, 1.82) is 0 Å². The Labute approximate surface area is 179 Å². The number of carbonyl (C=O) groups is 2. The van der Waals surface area contributed by atoms with Crippen LogP contribution in [0.15, 0.2) is 53.4 Å². The fourth-order valence-electron chi connectivity index (χ4n) is 2.50. The molecule has 0 aliphatic carbocycles. The molecule has 0 bridgehead atoms. The minimum Gasteiger partial charge on any atom is -0.370 e. The Bertz CT molecular complexity index is 948. The van der Waals surface area contributed by atoms with Gasteiger partial charge in [-0.1, -0.05) is 35.3 Å². The topological polar surface area (TPSA) is 118 Å². The number of nitrogens with two attached hydrogens (primary N) is 1. The van der Waals surface area contributed by atoms with Gasteiger partial charge in [-0.05, 0) is 54.8 Å². The minimum absolute atomic E-state index is 0.0417. The van der Waals surface area contributed by atoms with Crippen molar-refractivity contribution in [2.75, 3.05) is 6.54 Å². The van der Waals surface area contributed by atoms with Gasteiger partial charge in [0.05, 0.1) is 4.90 Å². The van der Waals surface area contributed by atoms with Crippen LogP contribution in [-0.2, 0) is 26.0 Å². The van der Waals surface area contributed by atoms with Gasteiger partial charge in [0.1, 0.15) is 6.04 Å². The number of nitrogens with one attached hydrogen (secondary N) is 2. The summed E-state index contributed by atoms with van der Waals surface area (Å²) >= 11 is 11.6. The molecule has 7 nitrogen and oxygen atoms in total.